The lowest BCUT2D eigenvalue weighted by Crippen LogP contribution is -2.34. The zero-order valence-corrected chi connectivity index (χ0v) is 13.7. The molecule has 2 heterocycles. The predicted molar refractivity (Wildman–Crippen MR) is 83.7 cm³/mol. The Morgan fingerprint density at radius 2 is 2.14 bits per heavy atom. The van der Waals surface area contributed by atoms with Crippen LogP contribution in [0, 0.1) is 0 Å². The second-order valence-corrected chi connectivity index (χ2v) is 7.85. The fraction of sp³-hybridized carbons (Fsp3) is 0.714. The highest BCUT2D eigenvalue weighted by molar-refractivity contribution is 7.88. The van der Waals surface area contributed by atoms with E-state index in [1.54, 1.807) is 4.31 Å². The van der Waals surface area contributed by atoms with Gasteiger partial charge < -0.3 is 5.32 Å². The Balaban J connectivity index is 1.91. The van der Waals surface area contributed by atoms with Gasteiger partial charge in [-0.1, -0.05) is 0 Å². The van der Waals surface area contributed by atoms with Crippen LogP contribution in [0.4, 0.5) is 5.82 Å². The highest BCUT2D eigenvalue weighted by atomic mass is 32.2. The van der Waals surface area contributed by atoms with Crippen molar-refractivity contribution in [1.29, 1.82) is 0 Å². The van der Waals surface area contributed by atoms with Gasteiger partial charge in [-0.3, -0.25) is 0 Å². The van der Waals surface area contributed by atoms with Crippen molar-refractivity contribution >= 4 is 15.8 Å². The second-order valence-electron chi connectivity index (χ2n) is 5.92. The molecule has 0 saturated carbocycles. The lowest BCUT2D eigenvalue weighted by atomic mass is 10.1. The third kappa shape index (κ3) is 4.64. The molecule has 0 radical (unpaired) electrons. The average molecular weight is 312 g/mol. The first-order valence-electron chi connectivity index (χ1n) is 7.42. The molecule has 0 aromatic carbocycles. The summed E-state index contributed by atoms with van der Waals surface area (Å²) in [6.45, 7) is 4.75. The Kier molecular flexibility index (Phi) is 5.16. The summed E-state index contributed by atoms with van der Waals surface area (Å²) in [6, 6.07) is 4.31. The Morgan fingerprint density at radius 3 is 2.71 bits per heavy atom. The standard InChI is InChI=1S/C14H24N4O2S/c1-11(2)15-14-9-7-12(16-17-14)6-8-13-5-4-10-18(13)21(3,19)20/h7,9,11,13H,4-6,8,10H2,1-3H3,(H,15,17). The molecule has 1 aliphatic rings. The van der Waals surface area contributed by atoms with Gasteiger partial charge in [0.05, 0.1) is 11.9 Å². The maximum atomic E-state index is 11.7. The number of nitrogens with one attached hydrogen (secondary N) is 1. The number of hydrogen-bond acceptors (Lipinski definition) is 5. The number of aryl methyl sites for hydroxylation is 1. The maximum absolute atomic E-state index is 11.7. The van der Waals surface area contributed by atoms with Crippen molar-refractivity contribution < 1.29 is 8.42 Å². The van der Waals surface area contributed by atoms with Crippen LogP contribution in [0.5, 0.6) is 0 Å². The molecule has 6 nitrogen and oxygen atoms in total. The number of anilines is 1. The van der Waals surface area contributed by atoms with Crippen LogP contribution in [-0.2, 0) is 16.4 Å². The molecule has 0 amide bonds. The molecule has 1 aromatic heterocycles. The Labute approximate surface area is 127 Å². The summed E-state index contributed by atoms with van der Waals surface area (Å²) in [4.78, 5) is 0. The Bertz CT molecular complexity index is 557. The summed E-state index contributed by atoms with van der Waals surface area (Å²) >= 11 is 0. The molecule has 1 saturated heterocycles. The highest BCUT2D eigenvalue weighted by Crippen LogP contribution is 2.24. The van der Waals surface area contributed by atoms with Gasteiger partial charge in [0.15, 0.2) is 0 Å². The van der Waals surface area contributed by atoms with E-state index in [1.165, 1.54) is 6.26 Å². The maximum Gasteiger partial charge on any atom is 0.211 e. The van der Waals surface area contributed by atoms with Crippen LogP contribution in [0.3, 0.4) is 0 Å². The smallest absolute Gasteiger partial charge is 0.211 e. The van der Waals surface area contributed by atoms with Gasteiger partial charge in [-0.25, -0.2) is 8.42 Å². The van der Waals surface area contributed by atoms with Crippen LogP contribution in [0.25, 0.3) is 0 Å². The summed E-state index contributed by atoms with van der Waals surface area (Å²) in [5, 5.41) is 11.5. The lowest BCUT2D eigenvalue weighted by Gasteiger charge is -2.21. The van der Waals surface area contributed by atoms with Crippen molar-refractivity contribution in [3.8, 4) is 0 Å². The largest absolute Gasteiger partial charge is 0.366 e. The zero-order chi connectivity index (χ0) is 15.5. The molecule has 118 valence electrons. The first kappa shape index (κ1) is 16.2. The van der Waals surface area contributed by atoms with Crippen LogP contribution < -0.4 is 5.32 Å². The van der Waals surface area contributed by atoms with Crippen LogP contribution >= 0.6 is 0 Å². The third-order valence-corrected chi connectivity index (χ3v) is 4.97. The Morgan fingerprint density at radius 1 is 1.38 bits per heavy atom. The molecule has 1 fully saturated rings. The number of aromatic nitrogens is 2. The number of hydrogen-bond donors (Lipinski definition) is 1. The van der Waals surface area contributed by atoms with E-state index in [9.17, 15) is 8.42 Å². The van der Waals surface area contributed by atoms with Crippen LogP contribution in [-0.4, -0.2) is 47.8 Å². The Hall–Kier alpha value is -1.21. The molecule has 1 aliphatic heterocycles. The van der Waals surface area contributed by atoms with E-state index in [-0.39, 0.29) is 6.04 Å². The third-order valence-electron chi connectivity index (χ3n) is 3.64. The van der Waals surface area contributed by atoms with Crippen LogP contribution in [0.15, 0.2) is 12.1 Å². The molecule has 1 atom stereocenters. The molecule has 1 N–H and O–H groups in total. The van der Waals surface area contributed by atoms with Gasteiger partial charge in [0.2, 0.25) is 10.0 Å². The summed E-state index contributed by atoms with van der Waals surface area (Å²) < 4.78 is 25.0. The van der Waals surface area contributed by atoms with E-state index in [2.05, 4.69) is 29.4 Å². The summed E-state index contributed by atoms with van der Waals surface area (Å²) in [7, 11) is -3.09. The first-order chi connectivity index (χ1) is 9.86. The van der Waals surface area contributed by atoms with Gasteiger partial charge in [0.25, 0.3) is 0 Å². The molecule has 21 heavy (non-hydrogen) atoms. The van der Waals surface area contributed by atoms with Gasteiger partial charge in [0, 0.05) is 18.6 Å². The highest BCUT2D eigenvalue weighted by Gasteiger charge is 2.30. The molecular formula is C14H24N4O2S. The summed E-state index contributed by atoms with van der Waals surface area (Å²) in [5.74, 6) is 0.771. The number of sulfonamides is 1. The van der Waals surface area contributed by atoms with Crippen molar-refractivity contribution in [3.63, 3.8) is 0 Å². The van der Waals surface area contributed by atoms with Gasteiger partial charge >= 0.3 is 0 Å². The molecule has 1 unspecified atom stereocenters. The molecule has 0 aliphatic carbocycles. The van der Waals surface area contributed by atoms with Crippen LogP contribution in [0.1, 0.15) is 38.8 Å². The SMILES string of the molecule is CC(C)Nc1ccc(CCC2CCCN2S(C)(=O)=O)nn1. The lowest BCUT2D eigenvalue weighted by molar-refractivity contribution is 0.372. The number of nitrogens with zero attached hydrogens (tertiary/aromatic N) is 3. The van der Waals surface area contributed by atoms with E-state index in [1.807, 2.05) is 12.1 Å². The average Bonchev–Trinajstić information content (AvgIpc) is 2.85. The van der Waals surface area contributed by atoms with E-state index in [0.29, 0.717) is 12.6 Å². The van der Waals surface area contributed by atoms with Crippen molar-refractivity contribution in [3.05, 3.63) is 17.8 Å². The minimum atomic E-state index is -3.09. The molecule has 1 aromatic rings. The summed E-state index contributed by atoms with van der Waals surface area (Å²) in [5.41, 5.74) is 0.907. The zero-order valence-electron chi connectivity index (χ0n) is 12.9. The van der Waals surface area contributed by atoms with Gasteiger partial charge in [-0.05, 0) is 51.7 Å². The van der Waals surface area contributed by atoms with Crippen LogP contribution in [0.2, 0.25) is 0 Å². The molecule has 2 rings (SSSR count). The molecule has 7 heteroatoms. The van der Waals surface area contributed by atoms with E-state index in [0.717, 1.165) is 37.2 Å². The van der Waals surface area contributed by atoms with E-state index in [4.69, 9.17) is 0 Å². The van der Waals surface area contributed by atoms with E-state index >= 15 is 0 Å². The fourth-order valence-corrected chi connectivity index (χ4v) is 3.93. The van der Waals surface area contributed by atoms with Gasteiger partial charge in [-0.15, -0.1) is 5.10 Å². The van der Waals surface area contributed by atoms with Crippen molar-refractivity contribution in [1.82, 2.24) is 14.5 Å². The first-order valence-corrected chi connectivity index (χ1v) is 9.27. The summed E-state index contributed by atoms with van der Waals surface area (Å²) in [6.07, 6.45) is 4.73. The second kappa shape index (κ2) is 6.70. The van der Waals surface area contributed by atoms with Gasteiger partial charge in [0.1, 0.15) is 5.82 Å². The molecular weight excluding hydrogens is 288 g/mol. The van der Waals surface area contributed by atoms with Crippen molar-refractivity contribution in [2.24, 2.45) is 0 Å². The fourth-order valence-electron chi connectivity index (χ4n) is 2.71. The number of rotatable bonds is 6. The van der Waals surface area contributed by atoms with Crippen molar-refractivity contribution in [2.75, 3.05) is 18.1 Å². The van der Waals surface area contributed by atoms with Crippen molar-refractivity contribution in [2.45, 2.75) is 51.6 Å². The molecule has 0 bridgehead atoms. The topological polar surface area (TPSA) is 75.2 Å². The minimum Gasteiger partial charge on any atom is -0.366 e. The monoisotopic (exact) mass is 312 g/mol. The minimum absolute atomic E-state index is 0.107. The molecule has 0 spiro atoms. The quantitative estimate of drug-likeness (QED) is 0.864. The predicted octanol–water partition coefficient (Wildman–Crippen LogP) is 1.65. The normalized spacial score (nSPS) is 20.1. The van der Waals surface area contributed by atoms with Gasteiger partial charge in [-0.2, -0.15) is 9.40 Å². The van der Waals surface area contributed by atoms with E-state index < -0.39 is 10.0 Å².